The summed E-state index contributed by atoms with van der Waals surface area (Å²) in [4.78, 5) is 0. The Kier molecular flexibility index (Phi) is 3.54. The average molecular weight is 244 g/mol. The van der Waals surface area contributed by atoms with Crippen LogP contribution in [0.25, 0.3) is 0 Å². The van der Waals surface area contributed by atoms with E-state index in [1.165, 1.54) is 18.2 Å². The van der Waals surface area contributed by atoms with Crippen LogP contribution in [0.4, 0.5) is 14.5 Å². The van der Waals surface area contributed by atoms with Crippen LogP contribution in [0.1, 0.15) is 11.1 Å². The van der Waals surface area contributed by atoms with Gasteiger partial charge in [-0.3, -0.25) is 0 Å². The lowest BCUT2D eigenvalue weighted by Crippen LogP contribution is -2.04. The van der Waals surface area contributed by atoms with Gasteiger partial charge in [-0.2, -0.15) is 5.26 Å². The normalized spacial score (nSPS) is 9.83. The number of nitrogens with one attached hydrogen (secondary N) is 1. The van der Waals surface area contributed by atoms with Crippen molar-refractivity contribution in [2.75, 3.05) is 5.32 Å². The highest BCUT2D eigenvalue weighted by molar-refractivity contribution is 5.47. The summed E-state index contributed by atoms with van der Waals surface area (Å²) in [7, 11) is 0. The number of hydrogen-bond donors (Lipinski definition) is 1. The van der Waals surface area contributed by atoms with Crippen LogP contribution in [-0.2, 0) is 6.54 Å². The van der Waals surface area contributed by atoms with Gasteiger partial charge in [-0.25, -0.2) is 8.78 Å². The Balaban J connectivity index is 2.09. The third-order valence-corrected chi connectivity index (χ3v) is 2.54. The zero-order chi connectivity index (χ0) is 13.0. The van der Waals surface area contributed by atoms with Crippen molar-refractivity contribution in [3.05, 3.63) is 65.2 Å². The number of nitriles is 1. The molecule has 0 amide bonds. The van der Waals surface area contributed by atoms with Crippen molar-refractivity contribution in [2.45, 2.75) is 6.54 Å². The second-order valence-corrected chi connectivity index (χ2v) is 3.74. The highest BCUT2D eigenvalue weighted by atomic mass is 19.1. The van der Waals surface area contributed by atoms with Gasteiger partial charge in [0.15, 0.2) is 0 Å². The van der Waals surface area contributed by atoms with Crippen molar-refractivity contribution in [3.63, 3.8) is 0 Å². The smallest absolute Gasteiger partial charge is 0.131 e. The summed E-state index contributed by atoms with van der Waals surface area (Å²) in [6.07, 6.45) is 0. The molecule has 2 aromatic rings. The van der Waals surface area contributed by atoms with Gasteiger partial charge in [0.25, 0.3) is 0 Å². The predicted molar refractivity (Wildman–Crippen MR) is 64.8 cm³/mol. The molecule has 0 atom stereocenters. The minimum Gasteiger partial charge on any atom is -0.381 e. The molecule has 0 bridgehead atoms. The lowest BCUT2D eigenvalue weighted by molar-refractivity contribution is 0.560. The van der Waals surface area contributed by atoms with Gasteiger partial charge in [0, 0.05) is 17.8 Å². The Morgan fingerprint density at radius 2 is 1.61 bits per heavy atom. The fourth-order valence-corrected chi connectivity index (χ4v) is 1.55. The van der Waals surface area contributed by atoms with E-state index < -0.39 is 11.6 Å². The predicted octanol–water partition coefficient (Wildman–Crippen LogP) is 3.45. The molecule has 0 aliphatic rings. The summed E-state index contributed by atoms with van der Waals surface area (Å²) in [6.45, 7) is 0.0599. The fraction of sp³-hybridized carbons (Fsp3) is 0.0714. The van der Waals surface area contributed by atoms with Gasteiger partial charge in [0.2, 0.25) is 0 Å². The number of anilines is 1. The van der Waals surface area contributed by atoms with Crippen molar-refractivity contribution in [1.29, 1.82) is 5.26 Å². The first-order valence-corrected chi connectivity index (χ1v) is 5.37. The molecule has 0 aliphatic carbocycles. The van der Waals surface area contributed by atoms with Gasteiger partial charge in [-0.15, -0.1) is 0 Å². The number of halogens is 2. The zero-order valence-corrected chi connectivity index (χ0v) is 9.45. The van der Waals surface area contributed by atoms with E-state index in [1.807, 2.05) is 6.07 Å². The molecule has 2 aromatic carbocycles. The standard InChI is InChI=1S/C14H10F2N2/c15-13-2-1-3-14(16)12(13)9-18-11-6-4-10(8-17)5-7-11/h1-7,18H,9H2. The van der Waals surface area contributed by atoms with E-state index in [4.69, 9.17) is 5.26 Å². The molecule has 0 saturated carbocycles. The zero-order valence-electron chi connectivity index (χ0n) is 9.45. The number of nitrogens with zero attached hydrogens (tertiary/aromatic N) is 1. The van der Waals surface area contributed by atoms with Crippen molar-refractivity contribution in [2.24, 2.45) is 0 Å². The fourth-order valence-electron chi connectivity index (χ4n) is 1.55. The van der Waals surface area contributed by atoms with Crippen LogP contribution >= 0.6 is 0 Å². The highest BCUT2D eigenvalue weighted by Gasteiger charge is 2.07. The molecule has 2 nitrogen and oxygen atoms in total. The first-order chi connectivity index (χ1) is 8.70. The van der Waals surface area contributed by atoms with Crippen LogP contribution in [0.5, 0.6) is 0 Å². The van der Waals surface area contributed by atoms with Gasteiger partial charge < -0.3 is 5.32 Å². The van der Waals surface area contributed by atoms with E-state index in [1.54, 1.807) is 24.3 Å². The molecule has 4 heteroatoms. The summed E-state index contributed by atoms with van der Waals surface area (Å²) < 4.78 is 26.7. The molecule has 2 rings (SSSR count). The lowest BCUT2D eigenvalue weighted by atomic mass is 10.2. The molecule has 0 heterocycles. The average Bonchev–Trinajstić information content (AvgIpc) is 2.39. The van der Waals surface area contributed by atoms with Gasteiger partial charge in [0.05, 0.1) is 11.6 Å². The first-order valence-electron chi connectivity index (χ1n) is 5.37. The van der Waals surface area contributed by atoms with Crippen molar-refractivity contribution >= 4 is 5.69 Å². The van der Waals surface area contributed by atoms with Crippen molar-refractivity contribution in [3.8, 4) is 6.07 Å². The van der Waals surface area contributed by atoms with Gasteiger partial charge >= 0.3 is 0 Å². The van der Waals surface area contributed by atoms with Crippen LogP contribution in [0.3, 0.4) is 0 Å². The van der Waals surface area contributed by atoms with Crippen LogP contribution in [0.2, 0.25) is 0 Å². The lowest BCUT2D eigenvalue weighted by Gasteiger charge is -2.08. The van der Waals surface area contributed by atoms with Gasteiger partial charge in [0.1, 0.15) is 11.6 Å². The topological polar surface area (TPSA) is 35.8 Å². The van der Waals surface area contributed by atoms with Crippen molar-refractivity contribution in [1.82, 2.24) is 0 Å². The molecule has 0 spiro atoms. The summed E-state index contributed by atoms with van der Waals surface area (Å²) in [5.74, 6) is -1.15. The molecule has 0 radical (unpaired) electrons. The Morgan fingerprint density at radius 1 is 1.00 bits per heavy atom. The number of rotatable bonds is 3. The quantitative estimate of drug-likeness (QED) is 0.897. The summed E-state index contributed by atoms with van der Waals surface area (Å²) >= 11 is 0. The SMILES string of the molecule is N#Cc1ccc(NCc2c(F)cccc2F)cc1. The summed E-state index contributed by atoms with van der Waals surface area (Å²) in [5.41, 5.74) is 1.25. The highest BCUT2D eigenvalue weighted by Crippen LogP contribution is 2.15. The van der Waals surface area contributed by atoms with Gasteiger partial charge in [-0.1, -0.05) is 6.07 Å². The van der Waals surface area contributed by atoms with E-state index in [0.29, 0.717) is 11.3 Å². The minimum atomic E-state index is -0.573. The molecule has 0 aliphatic heterocycles. The summed E-state index contributed by atoms with van der Waals surface area (Å²) in [6, 6.07) is 12.4. The third kappa shape index (κ3) is 2.64. The van der Waals surface area contributed by atoms with Crippen LogP contribution < -0.4 is 5.32 Å². The van der Waals surface area contributed by atoms with E-state index in [-0.39, 0.29) is 12.1 Å². The number of hydrogen-bond acceptors (Lipinski definition) is 2. The minimum absolute atomic E-state index is 0.00172. The molecule has 1 N–H and O–H groups in total. The Morgan fingerprint density at radius 3 is 2.17 bits per heavy atom. The Bertz CT molecular complexity index is 565. The first kappa shape index (κ1) is 12.1. The maximum absolute atomic E-state index is 13.3. The summed E-state index contributed by atoms with van der Waals surface area (Å²) in [5, 5.41) is 11.5. The molecule has 0 aromatic heterocycles. The van der Waals surface area contributed by atoms with Crippen LogP contribution in [0.15, 0.2) is 42.5 Å². The Labute approximate surface area is 103 Å². The maximum Gasteiger partial charge on any atom is 0.131 e. The Hall–Kier alpha value is -2.41. The molecule has 18 heavy (non-hydrogen) atoms. The molecular formula is C14H10F2N2. The second-order valence-electron chi connectivity index (χ2n) is 3.74. The van der Waals surface area contributed by atoms with E-state index in [2.05, 4.69) is 5.32 Å². The molecular weight excluding hydrogens is 234 g/mol. The monoisotopic (exact) mass is 244 g/mol. The molecule has 0 unspecified atom stereocenters. The van der Waals surface area contributed by atoms with E-state index >= 15 is 0 Å². The largest absolute Gasteiger partial charge is 0.381 e. The third-order valence-electron chi connectivity index (χ3n) is 2.54. The van der Waals surface area contributed by atoms with Crippen molar-refractivity contribution < 1.29 is 8.78 Å². The van der Waals surface area contributed by atoms with Crippen LogP contribution in [0, 0.1) is 23.0 Å². The maximum atomic E-state index is 13.3. The number of benzene rings is 2. The second kappa shape index (κ2) is 5.28. The van der Waals surface area contributed by atoms with Crippen LogP contribution in [-0.4, -0.2) is 0 Å². The van der Waals surface area contributed by atoms with Gasteiger partial charge in [-0.05, 0) is 36.4 Å². The molecule has 0 saturated heterocycles. The van der Waals surface area contributed by atoms with E-state index in [0.717, 1.165) is 0 Å². The molecule has 90 valence electrons. The molecule has 0 fully saturated rings. The van der Waals surface area contributed by atoms with E-state index in [9.17, 15) is 8.78 Å².